The van der Waals surface area contributed by atoms with Crippen molar-refractivity contribution < 1.29 is 6.17 Å². The van der Waals surface area contributed by atoms with Crippen molar-refractivity contribution in [3.8, 4) is 11.1 Å². The predicted molar refractivity (Wildman–Crippen MR) is 101 cm³/mol. The second kappa shape index (κ2) is 6.84. The van der Waals surface area contributed by atoms with Gasteiger partial charge in [0.05, 0.1) is 13.1 Å². The van der Waals surface area contributed by atoms with Crippen LogP contribution in [0.15, 0.2) is 36.6 Å². The summed E-state index contributed by atoms with van der Waals surface area (Å²) in [5.74, 6) is 0.100. The minimum atomic E-state index is -0.0753. The van der Waals surface area contributed by atoms with Gasteiger partial charge in [-0.2, -0.15) is 5.10 Å². The predicted octanol–water partition coefficient (Wildman–Crippen LogP) is 2.31. The molecule has 134 valence electrons. The fraction of sp³-hybridized carbons (Fsp3) is 0.368. The Morgan fingerprint density at radius 3 is 2.77 bits per heavy atom. The van der Waals surface area contributed by atoms with Crippen LogP contribution < -0.4 is 5.32 Å². The lowest BCUT2D eigenvalue weighted by atomic mass is 9.96. The van der Waals surface area contributed by atoms with Gasteiger partial charge in [-0.1, -0.05) is 6.07 Å². The molecule has 0 radical (unpaired) electrons. The summed E-state index contributed by atoms with van der Waals surface area (Å²) >= 11 is 0. The van der Waals surface area contributed by atoms with Crippen molar-refractivity contribution in [2.45, 2.75) is 12.8 Å². The molecule has 3 heterocycles. The van der Waals surface area contributed by atoms with Gasteiger partial charge in [0.25, 0.3) is 0 Å². The number of likely N-dealkylation sites (tertiary alicyclic amines) is 1. The Hall–Kier alpha value is -2.80. The number of hydrogen-bond acceptors (Lipinski definition) is 5. The molecule has 2 aromatic heterocycles. The molecule has 1 fully saturated rings. The standard InChI is InChI=1S/C19H22N6O/c1-24-7-5-13(6-8-24)19(26)21-18-10-15-9-14(3-4-17(15)22-23-18)16-11-20-25(2)12-16/h3-4,9-13H,5-8H2,1-2H3,(H,21,23,26)/i10D. The maximum absolute atomic E-state index is 12.6. The quantitative estimate of drug-likeness (QED) is 0.784. The molecule has 26 heavy (non-hydrogen) atoms. The van der Waals surface area contributed by atoms with E-state index in [9.17, 15) is 4.79 Å². The first-order valence-corrected chi connectivity index (χ1v) is 8.77. The largest absolute Gasteiger partial charge is 0.309 e. The molecule has 4 rings (SSSR count). The van der Waals surface area contributed by atoms with E-state index in [2.05, 4.69) is 32.6 Å². The van der Waals surface area contributed by atoms with Crippen molar-refractivity contribution in [1.82, 2.24) is 24.9 Å². The van der Waals surface area contributed by atoms with Gasteiger partial charge in [-0.15, -0.1) is 10.2 Å². The fourth-order valence-corrected chi connectivity index (χ4v) is 3.28. The van der Waals surface area contributed by atoms with E-state index in [0.717, 1.165) is 37.1 Å². The Bertz CT molecular complexity index is 993. The maximum atomic E-state index is 12.6. The van der Waals surface area contributed by atoms with E-state index < -0.39 is 0 Å². The van der Waals surface area contributed by atoms with Gasteiger partial charge in [-0.05, 0) is 56.7 Å². The number of fused-ring (bicyclic) bond motifs is 1. The van der Waals surface area contributed by atoms with Crippen LogP contribution in [0.3, 0.4) is 0 Å². The number of piperidine rings is 1. The highest BCUT2D eigenvalue weighted by atomic mass is 16.2. The molecule has 7 heteroatoms. The summed E-state index contributed by atoms with van der Waals surface area (Å²) in [6.45, 7) is 1.81. The molecule has 0 bridgehead atoms. The van der Waals surface area contributed by atoms with E-state index in [4.69, 9.17) is 1.37 Å². The van der Waals surface area contributed by atoms with E-state index in [1.807, 2.05) is 31.4 Å². The van der Waals surface area contributed by atoms with Crippen molar-refractivity contribution in [2.24, 2.45) is 13.0 Å². The number of amides is 1. The molecular weight excluding hydrogens is 328 g/mol. The summed E-state index contributed by atoms with van der Waals surface area (Å²) in [5.41, 5.74) is 2.54. The summed E-state index contributed by atoms with van der Waals surface area (Å²) in [6.07, 6.45) is 5.34. The van der Waals surface area contributed by atoms with Gasteiger partial charge in [-0.25, -0.2) is 0 Å². The number of nitrogens with one attached hydrogen (secondary N) is 1. The number of aryl methyl sites for hydroxylation is 1. The molecule has 1 N–H and O–H groups in total. The number of anilines is 1. The number of aromatic nitrogens is 4. The molecule has 0 unspecified atom stereocenters. The highest BCUT2D eigenvalue weighted by Gasteiger charge is 2.23. The Labute approximate surface area is 153 Å². The lowest BCUT2D eigenvalue weighted by molar-refractivity contribution is -0.121. The van der Waals surface area contributed by atoms with Crippen LogP contribution in [0.25, 0.3) is 22.0 Å². The third-order valence-electron chi connectivity index (χ3n) is 4.88. The second-order valence-corrected chi connectivity index (χ2v) is 6.88. The van der Waals surface area contributed by atoms with Gasteiger partial charge in [0.15, 0.2) is 5.82 Å². The van der Waals surface area contributed by atoms with E-state index in [0.29, 0.717) is 10.9 Å². The van der Waals surface area contributed by atoms with E-state index in [-0.39, 0.29) is 23.7 Å². The summed E-state index contributed by atoms with van der Waals surface area (Å²) in [7, 11) is 3.92. The van der Waals surface area contributed by atoms with Crippen LogP contribution in [0.4, 0.5) is 5.82 Å². The van der Waals surface area contributed by atoms with Crippen LogP contribution >= 0.6 is 0 Å². The molecule has 1 saturated heterocycles. The minimum absolute atomic E-state index is 0.0418. The molecule has 0 aliphatic carbocycles. The molecule has 0 saturated carbocycles. The number of benzene rings is 1. The minimum Gasteiger partial charge on any atom is -0.309 e. The molecule has 1 aliphatic rings. The first-order valence-electron chi connectivity index (χ1n) is 9.27. The highest BCUT2D eigenvalue weighted by molar-refractivity contribution is 5.94. The van der Waals surface area contributed by atoms with E-state index in [1.165, 1.54) is 0 Å². The number of carbonyl (C=O) groups is 1. The van der Waals surface area contributed by atoms with E-state index >= 15 is 0 Å². The number of rotatable bonds is 3. The molecule has 1 amide bonds. The van der Waals surface area contributed by atoms with Crippen molar-refractivity contribution in [1.29, 1.82) is 0 Å². The summed E-state index contributed by atoms with van der Waals surface area (Å²) in [5, 5.41) is 15.9. The van der Waals surface area contributed by atoms with Crippen molar-refractivity contribution >= 4 is 22.6 Å². The molecule has 1 aromatic carbocycles. The number of carbonyl (C=O) groups excluding carboxylic acids is 1. The molecule has 7 nitrogen and oxygen atoms in total. The smallest absolute Gasteiger partial charge is 0.228 e. The summed E-state index contributed by atoms with van der Waals surface area (Å²) in [6, 6.07) is 5.86. The first-order chi connectivity index (χ1) is 13.0. The average Bonchev–Trinajstić information content (AvgIpc) is 3.11. The molecule has 0 atom stereocenters. The summed E-state index contributed by atoms with van der Waals surface area (Å²) < 4.78 is 10.2. The molecule has 3 aromatic rings. The zero-order chi connectivity index (χ0) is 19.0. The molecular formula is C19H22N6O. The van der Waals surface area contributed by atoms with Gasteiger partial charge in [0, 0.05) is 30.1 Å². The second-order valence-electron chi connectivity index (χ2n) is 6.88. The van der Waals surface area contributed by atoms with Crippen LogP contribution in [0.2, 0.25) is 0 Å². The normalized spacial score (nSPS) is 16.6. The van der Waals surface area contributed by atoms with Crippen LogP contribution in [0.1, 0.15) is 14.2 Å². The van der Waals surface area contributed by atoms with Crippen LogP contribution in [0, 0.1) is 5.92 Å². The van der Waals surface area contributed by atoms with Crippen LogP contribution in [0.5, 0.6) is 0 Å². The zero-order valence-electron chi connectivity index (χ0n) is 15.9. The lowest BCUT2D eigenvalue weighted by Gasteiger charge is -2.27. The van der Waals surface area contributed by atoms with Crippen LogP contribution in [-0.4, -0.2) is 50.9 Å². The number of hydrogen-bond donors (Lipinski definition) is 1. The van der Waals surface area contributed by atoms with Crippen molar-refractivity contribution in [3.05, 3.63) is 36.6 Å². The van der Waals surface area contributed by atoms with Gasteiger partial charge in [0.2, 0.25) is 5.91 Å². The van der Waals surface area contributed by atoms with E-state index in [1.54, 1.807) is 10.9 Å². The Morgan fingerprint density at radius 1 is 1.23 bits per heavy atom. The van der Waals surface area contributed by atoms with Gasteiger partial charge >= 0.3 is 0 Å². The van der Waals surface area contributed by atoms with Crippen molar-refractivity contribution in [3.63, 3.8) is 0 Å². The Kier molecular flexibility index (Phi) is 4.06. The van der Waals surface area contributed by atoms with Crippen molar-refractivity contribution in [2.75, 3.05) is 25.5 Å². The van der Waals surface area contributed by atoms with Gasteiger partial charge in [-0.3, -0.25) is 9.48 Å². The SMILES string of the molecule is [2H]c1c(NC(=O)C2CCN(C)CC2)nnc2ccc(-c3cnn(C)c3)cc12. The average molecular weight is 351 g/mol. The van der Waals surface area contributed by atoms with Gasteiger partial charge in [0.1, 0.15) is 0 Å². The van der Waals surface area contributed by atoms with Crippen LogP contribution in [-0.2, 0) is 11.8 Å². The maximum Gasteiger partial charge on any atom is 0.228 e. The monoisotopic (exact) mass is 351 g/mol. The Morgan fingerprint density at radius 2 is 2.04 bits per heavy atom. The topological polar surface area (TPSA) is 75.9 Å². The number of nitrogens with zero attached hydrogens (tertiary/aromatic N) is 5. The lowest BCUT2D eigenvalue weighted by Crippen LogP contribution is -2.36. The Balaban J connectivity index is 1.61. The first kappa shape index (κ1) is 15.5. The highest BCUT2D eigenvalue weighted by Crippen LogP contribution is 2.24. The molecule has 1 aliphatic heterocycles. The van der Waals surface area contributed by atoms with Gasteiger partial charge < -0.3 is 10.2 Å². The zero-order valence-corrected chi connectivity index (χ0v) is 14.9. The third-order valence-corrected chi connectivity index (χ3v) is 4.88. The fourth-order valence-electron chi connectivity index (χ4n) is 3.28. The third kappa shape index (κ3) is 3.43. The summed E-state index contributed by atoms with van der Waals surface area (Å²) in [4.78, 5) is 14.8. The molecule has 0 spiro atoms.